The first kappa shape index (κ1) is 24.3. The van der Waals surface area contributed by atoms with Crippen molar-refractivity contribution in [2.45, 2.75) is 36.2 Å². The number of rotatable bonds is 11. The lowest BCUT2D eigenvalue weighted by atomic mass is 10.2. The predicted octanol–water partition coefficient (Wildman–Crippen LogP) is 3.74. The predicted molar refractivity (Wildman–Crippen MR) is 120 cm³/mol. The molecule has 2 aromatic carbocycles. The maximum Gasteiger partial charge on any atom is 0.330 e. The molecule has 162 valence electrons. The average Bonchev–Trinajstić information content (AvgIpc) is 2.72. The third-order valence-electron chi connectivity index (χ3n) is 4.13. The van der Waals surface area contributed by atoms with Gasteiger partial charge in [-0.05, 0) is 31.5 Å². The average molecular weight is 496 g/mol. The molecule has 0 saturated heterocycles. The molecule has 0 heterocycles. The van der Waals surface area contributed by atoms with E-state index in [-0.39, 0.29) is 18.1 Å². The van der Waals surface area contributed by atoms with Crippen LogP contribution >= 0.6 is 15.9 Å². The van der Waals surface area contributed by atoms with Crippen molar-refractivity contribution in [3.63, 3.8) is 0 Å². The molecule has 1 N–H and O–H groups in total. The van der Waals surface area contributed by atoms with Crippen molar-refractivity contribution in [1.29, 1.82) is 0 Å². The van der Waals surface area contributed by atoms with Crippen LogP contribution in [0.1, 0.15) is 18.1 Å². The zero-order valence-electron chi connectivity index (χ0n) is 17.0. The van der Waals surface area contributed by atoms with Gasteiger partial charge in [-0.25, -0.2) is 17.9 Å². The van der Waals surface area contributed by atoms with Crippen molar-refractivity contribution in [1.82, 2.24) is 4.72 Å². The first-order valence-corrected chi connectivity index (χ1v) is 11.9. The Labute approximate surface area is 186 Å². The molecule has 0 aliphatic rings. The van der Waals surface area contributed by atoms with Crippen molar-refractivity contribution in [3.8, 4) is 0 Å². The minimum atomic E-state index is -3.78. The summed E-state index contributed by atoms with van der Waals surface area (Å²) < 4.78 is 39.0. The molecule has 0 spiro atoms. The molecule has 0 bridgehead atoms. The van der Waals surface area contributed by atoms with E-state index >= 15 is 0 Å². The van der Waals surface area contributed by atoms with Gasteiger partial charge in [0.1, 0.15) is 0 Å². The summed E-state index contributed by atoms with van der Waals surface area (Å²) in [6, 6.07) is 15.5. The number of aryl methyl sites for hydroxylation is 1. The summed E-state index contributed by atoms with van der Waals surface area (Å²) in [5, 5.41) is 0. The largest absolute Gasteiger partial charge is 0.463 e. The number of nitrogens with one attached hydrogen (secondary N) is 1. The molecular weight excluding hydrogens is 470 g/mol. The Bertz CT molecular complexity index is 930. The van der Waals surface area contributed by atoms with Gasteiger partial charge in [0.2, 0.25) is 10.0 Å². The normalized spacial score (nSPS) is 13.8. The number of benzene rings is 2. The van der Waals surface area contributed by atoms with Crippen LogP contribution in [0.3, 0.4) is 0 Å². The maximum atomic E-state index is 12.8. The van der Waals surface area contributed by atoms with Gasteiger partial charge < -0.3 is 9.47 Å². The van der Waals surface area contributed by atoms with Gasteiger partial charge in [-0.2, -0.15) is 0 Å². The van der Waals surface area contributed by atoms with Crippen LogP contribution in [-0.2, 0) is 30.9 Å². The molecule has 2 atom stereocenters. The van der Waals surface area contributed by atoms with Gasteiger partial charge in [0.05, 0.1) is 35.6 Å². The van der Waals surface area contributed by atoms with Crippen LogP contribution in [0, 0.1) is 6.92 Å². The Hall–Kier alpha value is -2.00. The molecule has 2 aromatic rings. The quantitative estimate of drug-likeness (QED) is 0.291. The van der Waals surface area contributed by atoms with Crippen molar-refractivity contribution < 1.29 is 22.7 Å². The number of carbonyl (C=O) groups is 1. The highest BCUT2D eigenvalue weighted by Gasteiger charge is 2.25. The van der Waals surface area contributed by atoms with Crippen LogP contribution in [0.4, 0.5) is 0 Å². The number of ether oxygens (including phenoxy) is 2. The molecule has 0 aromatic heterocycles. The fourth-order valence-electron chi connectivity index (χ4n) is 2.55. The Morgan fingerprint density at radius 2 is 1.80 bits per heavy atom. The van der Waals surface area contributed by atoms with E-state index < -0.39 is 26.9 Å². The van der Waals surface area contributed by atoms with Crippen LogP contribution < -0.4 is 4.72 Å². The van der Waals surface area contributed by atoms with E-state index in [1.165, 1.54) is 6.08 Å². The molecular formula is C22H26BrNO5S. The van der Waals surface area contributed by atoms with Crippen molar-refractivity contribution >= 4 is 31.9 Å². The lowest BCUT2D eigenvalue weighted by Gasteiger charge is -2.22. The van der Waals surface area contributed by atoms with Crippen LogP contribution in [0.5, 0.6) is 0 Å². The van der Waals surface area contributed by atoms with Crippen molar-refractivity contribution in [2.24, 2.45) is 0 Å². The number of halogens is 1. The second-order valence-electron chi connectivity index (χ2n) is 6.60. The number of sulfonamides is 1. The lowest BCUT2D eigenvalue weighted by molar-refractivity contribution is -0.137. The number of carbonyl (C=O) groups excluding carboxylic acids is 1. The van der Waals surface area contributed by atoms with Gasteiger partial charge in [-0.15, -0.1) is 0 Å². The maximum absolute atomic E-state index is 12.8. The van der Waals surface area contributed by atoms with Crippen molar-refractivity contribution in [3.05, 3.63) is 77.9 Å². The fraction of sp³-hybridized carbons (Fsp3) is 0.318. The van der Waals surface area contributed by atoms with Crippen molar-refractivity contribution in [2.75, 3.05) is 13.2 Å². The molecule has 0 amide bonds. The molecule has 0 saturated carbocycles. The summed E-state index contributed by atoms with van der Waals surface area (Å²) in [4.78, 5) is 11.3. The zero-order chi connectivity index (χ0) is 22.0. The summed E-state index contributed by atoms with van der Waals surface area (Å²) in [7, 11) is -3.78. The third-order valence-corrected chi connectivity index (χ3v) is 6.58. The topological polar surface area (TPSA) is 81.7 Å². The Morgan fingerprint density at radius 3 is 2.43 bits per heavy atom. The second-order valence-corrected chi connectivity index (χ2v) is 9.37. The molecule has 8 heteroatoms. The third kappa shape index (κ3) is 8.02. The van der Waals surface area contributed by atoms with E-state index in [4.69, 9.17) is 9.47 Å². The van der Waals surface area contributed by atoms with Crippen LogP contribution in [-0.4, -0.2) is 38.5 Å². The van der Waals surface area contributed by atoms with E-state index in [0.717, 1.165) is 11.1 Å². The van der Waals surface area contributed by atoms with Gasteiger partial charge in [0.15, 0.2) is 0 Å². The molecule has 30 heavy (non-hydrogen) atoms. The minimum absolute atomic E-state index is 0.100. The summed E-state index contributed by atoms with van der Waals surface area (Å²) in [5.74, 6) is -0.493. The lowest BCUT2D eigenvalue weighted by Crippen LogP contribution is -2.43. The van der Waals surface area contributed by atoms with Gasteiger partial charge in [0.25, 0.3) is 0 Å². The molecule has 0 aliphatic heterocycles. The highest BCUT2D eigenvalue weighted by molar-refractivity contribution is 9.09. The first-order chi connectivity index (χ1) is 14.3. The summed E-state index contributed by atoms with van der Waals surface area (Å²) in [6.45, 7) is 4.31. The highest BCUT2D eigenvalue weighted by Crippen LogP contribution is 2.16. The van der Waals surface area contributed by atoms with Crippen LogP contribution in [0.15, 0.2) is 71.6 Å². The molecule has 0 fully saturated rings. The summed E-state index contributed by atoms with van der Waals surface area (Å²) >= 11 is 3.45. The van der Waals surface area contributed by atoms with Crippen LogP contribution in [0.25, 0.3) is 0 Å². The Balaban J connectivity index is 2.12. The van der Waals surface area contributed by atoms with Gasteiger partial charge >= 0.3 is 5.97 Å². The monoisotopic (exact) mass is 495 g/mol. The van der Waals surface area contributed by atoms with Gasteiger partial charge in [-0.1, -0.05) is 70.0 Å². The molecule has 0 radical (unpaired) electrons. The molecule has 0 aliphatic carbocycles. The summed E-state index contributed by atoms with van der Waals surface area (Å²) in [5.41, 5.74) is 1.94. The smallest absolute Gasteiger partial charge is 0.330 e. The number of esters is 1. The Morgan fingerprint density at radius 1 is 1.13 bits per heavy atom. The minimum Gasteiger partial charge on any atom is -0.463 e. The fourth-order valence-corrected chi connectivity index (χ4v) is 4.40. The van der Waals surface area contributed by atoms with E-state index in [1.54, 1.807) is 37.3 Å². The SMILES string of the molecule is CCOC(=O)/C=C/[C@@H](Br)[C@@H](COCc1ccccc1)NS(=O)(=O)c1ccc(C)cc1. The standard InChI is InChI=1S/C22H26BrNO5S/c1-3-29-22(25)14-13-20(23)21(16-28-15-18-7-5-4-6-8-18)24-30(26,27)19-11-9-17(2)10-12-19/h4-14,20-21,24H,3,15-16H2,1-2H3/b14-13+/t20-,21-/m1/s1. The molecule has 6 nitrogen and oxygen atoms in total. The molecule has 2 rings (SSSR count). The van der Waals surface area contributed by atoms with Crippen LogP contribution in [0.2, 0.25) is 0 Å². The number of hydrogen-bond donors (Lipinski definition) is 1. The molecule has 0 unspecified atom stereocenters. The van der Waals surface area contributed by atoms with E-state index in [0.29, 0.717) is 6.61 Å². The van der Waals surface area contributed by atoms with E-state index in [1.807, 2.05) is 37.3 Å². The second kappa shape index (κ2) is 12.0. The zero-order valence-corrected chi connectivity index (χ0v) is 19.4. The Kier molecular flexibility index (Phi) is 9.71. The van der Waals surface area contributed by atoms with Gasteiger partial charge in [-0.3, -0.25) is 0 Å². The summed E-state index contributed by atoms with van der Waals surface area (Å²) in [6.07, 6.45) is 2.82. The number of alkyl halides is 1. The van der Waals surface area contributed by atoms with E-state index in [2.05, 4.69) is 20.7 Å². The highest BCUT2D eigenvalue weighted by atomic mass is 79.9. The van der Waals surface area contributed by atoms with Gasteiger partial charge in [0, 0.05) is 6.08 Å². The number of hydrogen-bond acceptors (Lipinski definition) is 5. The first-order valence-electron chi connectivity index (χ1n) is 9.51. The van der Waals surface area contributed by atoms with E-state index in [9.17, 15) is 13.2 Å².